The molecule has 19 heavy (non-hydrogen) atoms. The third kappa shape index (κ3) is 2.63. The number of benzene rings is 2. The molecule has 0 spiro atoms. The van der Waals surface area contributed by atoms with Gasteiger partial charge in [0.2, 0.25) is 0 Å². The van der Waals surface area contributed by atoms with Crippen molar-refractivity contribution in [2.75, 3.05) is 5.01 Å². The van der Waals surface area contributed by atoms with Crippen LogP contribution in [0.1, 0.15) is 18.1 Å². The predicted octanol–water partition coefficient (Wildman–Crippen LogP) is 2.98. The molecule has 0 bridgehead atoms. The summed E-state index contributed by atoms with van der Waals surface area (Å²) in [6.45, 7) is 3.95. The van der Waals surface area contributed by atoms with Gasteiger partial charge >= 0.3 is 0 Å². The molecule has 0 aliphatic carbocycles. The van der Waals surface area contributed by atoms with Crippen molar-refractivity contribution in [1.82, 2.24) is 0 Å². The van der Waals surface area contributed by atoms with E-state index in [-0.39, 0.29) is 11.5 Å². The van der Waals surface area contributed by atoms with Gasteiger partial charge in [-0.05, 0) is 36.6 Å². The first-order chi connectivity index (χ1) is 9.02. The monoisotopic (exact) mass is 258 g/mol. The zero-order chi connectivity index (χ0) is 14.0. The van der Waals surface area contributed by atoms with Crippen LogP contribution in [0, 0.1) is 6.92 Å². The number of hydrogen-bond donors (Lipinski definition) is 3. The molecule has 0 aliphatic heterocycles. The first-order valence-electron chi connectivity index (χ1n) is 6.19. The van der Waals surface area contributed by atoms with Crippen molar-refractivity contribution in [3.63, 3.8) is 0 Å². The molecule has 0 amide bonds. The van der Waals surface area contributed by atoms with Crippen LogP contribution >= 0.6 is 0 Å². The highest BCUT2D eigenvalue weighted by Gasteiger charge is 2.12. The van der Waals surface area contributed by atoms with Crippen molar-refractivity contribution in [2.45, 2.75) is 20.3 Å². The van der Waals surface area contributed by atoms with E-state index in [0.717, 1.165) is 23.2 Å². The first-order valence-corrected chi connectivity index (χ1v) is 6.19. The maximum atomic E-state index is 9.62. The van der Waals surface area contributed by atoms with E-state index in [1.165, 1.54) is 5.01 Å². The Labute approximate surface area is 112 Å². The van der Waals surface area contributed by atoms with Crippen LogP contribution in [0.4, 0.5) is 11.4 Å². The van der Waals surface area contributed by atoms with Crippen LogP contribution in [0.15, 0.2) is 36.4 Å². The van der Waals surface area contributed by atoms with E-state index in [0.29, 0.717) is 5.69 Å². The predicted molar refractivity (Wildman–Crippen MR) is 76.7 cm³/mol. The average molecular weight is 258 g/mol. The lowest BCUT2D eigenvalue weighted by Crippen LogP contribution is -2.26. The molecule has 0 aliphatic rings. The van der Waals surface area contributed by atoms with Crippen LogP contribution < -0.4 is 10.9 Å². The molecule has 4 heteroatoms. The highest BCUT2D eigenvalue weighted by Crippen LogP contribution is 2.32. The van der Waals surface area contributed by atoms with E-state index >= 15 is 0 Å². The summed E-state index contributed by atoms with van der Waals surface area (Å²) in [7, 11) is 0. The fraction of sp³-hybridized carbons (Fsp3) is 0.200. The van der Waals surface area contributed by atoms with Crippen LogP contribution in [0.5, 0.6) is 11.5 Å². The molecule has 0 radical (unpaired) electrons. The fourth-order valence-corrected chi connectivity index (χ4v) is 2.06. The van der Waals surface area contributed by atoms with Gasteiger partial charge in [-0.1, -0.05) is 19.1 Å². The van der Waals surface area contributed by atoms with Gasteiger partial charge in [-0.25, -0.2) is 5.84 Å². The lowest BCUT2D eigenvalue weighted by Gasteiger charge is -2.23. The molecule has 0 saturated heterocycles. The van der Waals surface area contributed by atoms with Gasteiger partial charge in [-0.15, -0.1) is 0 Å². The summed E-state index contributed by atoms with van der Waals surface area (Å²) in [4.78, 5) is 0. The third-order valence-electron chi connectivity index (χ3n) is 3.16. The van der Waals surface area contributed by atoms with Gasteiger partial charge < -0.3 is 10.2 Å². The second kappa shape index (κ2) is 5.20. The zero-order valence-corrected chi connectivity index (χ0v) is 11.1. The highest BCUT2D eigenvalue weighted by molar-refractivity contribution is 5.70. The van der Waals surface area contributed by atoms with Gasteiger partial charge in [0.05, 0.1) is 11.4 Å². The van der Waals surface area contributed by atoms with E-state index in [9.17, 15) is 10.2 Å². The molecule has 0 aromatic heterocycles. The van der Waals surface area contributed by atoms with Crippen LogP contribution in [-0.2, 0) is 6.42 Å². The van der Waals surface area contributed by atoms with Gasteiger partial charge in [-0.3, -0.25) is 5.01 Å². The van der Waals surface area contributed by atoms with Crippen molar-refractivity contribution >= 4 is 11.4 Å². The molecule has 100 valence electrons. The SMILES string of the molecule is CCc1ccc(O)cc1N(N)c1cc(O)ccc1C. The smallest absolute Gasteiger partial charge is 0.117 e. The Morgan fingerprint density at radius 2 is 1.58 bits per heavy atom. The Morgan fingerprint density at radius 3 is 2.21 bits per heavy atom. The van der Waals surface area contributed by atoms with E-state index in [1.54, 1.807) is 30.3 Å². The van der Waals surface area contributed by atoms with E-state index in [4.69, 9.17) is 5.84 Å². The summed E-state index contributed by atoms with van der Waals surface area (Å²) < 4.78 is 0. The molecule has 0 saturated carbocycles. The summed E-state index contributed by atoms with van der Waals surface area (Å²) >= 11 is 0. The number of aromatic hydroxyl groups is 2. The first kappa shape index (κ1) is 13.2. The molecule has 4 nitrogen and oxygen atoms in total. The number of rotatable bonds is 3. The van der Waals surface area contributed by atoms with Crippen LogP contribution in [0.3, 0.4) is 0 Å². The molecular weight excluding hydrogens is 240 g/mol. The number of phenolic OH excluding ortho intramolecular Hbond substituents is 2. The summed E-state index contributed by atoms with van der Waals surface area (Å²) in [5.74, 6) is 6.47. The van der Waals surface area contributed by atoms with E-state index in [1.807, 2.05) is 19.9 Å². The second-order valence-electron chi connectivity index (χ2n) is 4.51. The molecule has 4 N–H and O–H groups in total. The molecule has 0 heterocycles. The minimum Gasteiger partial charge on any atom is -0.508 e. The lowest BCUT2D eigenvalue weighted by atomic mass is 10.1. The number of aryl methyl sites for hydroxylation is 2. The fourth-order valence-electron chi connectivity index (χ4n) is 2.06. The molecule has 0 unspecified atom stereocenters. The van der Waals surface area contributed by atoms with Crippen molar-refractivity contribution in [3.05, 3.63) is 47.5 Å². The Kier molecular flexibility index (Phi) is 3.62. The number of hydrogen-bond acceptors (Lipinski definition) is 4. The minimum atomic E-state index is 0.161. The Hall–Kier alpha value is -2.20. The van der Waals surface area contributed by atoms with Crippen LogP contribution in [0.25, 0.3) is 0 Å². The van der Waals surface area contributed by atoms with Gasteiger partial charge in [-0.2, -0.15) is 0 Å². The van der Waals surface area contributed by atoms with Crippen molar-refractivity contribution in [1.29, 1.82) is 0 Å². The number of nitrogens with two attached hydrogens (primary N) is 1. The zero-order valence-electron chi connectivity index (χ0n) is 11.1. The highest BCUT2D eigenvalue weighted by atomic mass is 16.3. The minimum absolute atomic E-state index is 0.161. The molecule has 0 atom stereocenters. The summed E-state index contributed by atoms with van der Waals surface area (Å²) in [6, 6.07) is 10.2. The third-order valence-corrected chi connectivity index (χ3v) is 3.16. The van der Waals surface area contributed by atoms with Crippen LogP contribution in [-0.4, -0.2) is 10.2 Å². The summed E-state index contributed by atoms with van der Waals surface area (Å²) in [6.07, 6.45) is 0.807. The standard InChI is InChI=1S/C15H18N2O2/c1-3-11-5-7-13(19)9-15(11)17(16)14-8-12(18)6-4-10(14)2/h4-9,18-19H,3,16H2,1-2H3. The lowest BCUT2D eigenvalue weighted by molar-refractivity contribution is 0.475. The second-order valence-corrected chi connectivity index (χ2v) is 4.51. The van der Waals surface area contributed by atoms with E-state index in [2.05, 4.69) is 0 Å². The quantitative estimate of drug-likeness (QED) is 0.584. The summed E-state index contributed by atoms with van der Waals surface area (Å²) in [5.41, 5.74) is 3.42. The van der Waals surface area contributed by atoms with Crippen molar-refractivity contribution in [3.8, 4) is 11.5 Å². The topological polar surface area (TPSA) is 69.7 Å². The van der Waals surface area contributed by atoms with Crippen molar-refractivity contribution < 1.29 is 10.2 Å². The van der Waals surface area contributed by atoms with Crippen LogP contribution in [0.2, 0.25) is 0 Å². The largest absolute Gasteiger partial charge is 0.508 e. The Morgan fingerprint density at radius 1 is 1.00 bits per heavy atom. The molecule has 2 rings (SSSR count). The van der Waals surface area contributed by atoms with Gasteiger partial charge in [0, 0.05) is 12.1 Å². The Bertz CT molecular complexity index is 597. The van der Waals surface area contributed by atoms with Crippen molar-refractivity contribution in [2.24, 2.45) is 5.84 Å². The molecule has 0 fully saturated rings. The average Bonchev–Trinajstić information content (AvgIpc) is 2.40. The van der Waals surface area contributed by atoms with E-state index < -0.39 is 0 Å². The maximum Gasteiger partial charge on any atom is 0.117 e. The number of phenols is 2. The number of hydrazine groups is 1. The maximum absolute atomic E-state index is 9.62. The van der Waals surface area contributed by atoms with Gasteiger partial charge in [0.15, 0.2) is 0 Å². The number of nitrogens with zero attached hydrogens (tertiary/aromatic N) is 1. The molecule has 2 aromatic carbocycles. The van der Waals surface area contributed by atoms with Gasteiger partial charge in [0.25, 0.3) is 0 Å². The molecular formula is C15H18N2O2. The number of anilines is 2. The molecule has 2 aromatic rings. The normalized spacial score (nSPS) is 10.5. The summed E-state index contributed by atoms with van der Waals surface area (Å²) in [5, 5.41) is 20.7. The van der Waals surface area contributed by atoms with Gasteiger partial charge in [0.1, 0.15) is 11.5 Å². The Balaban J connectivity index is 2.51.